The van der Waals surface area contributed by atoms with E-state index in [4.69, 9.17) is 0 Å². The number of nitrogens with one attached hydrogen (secondary N) is 3. The van der Waals surface area contributed by atoms with Gasteiger partial charge in [0.1, 0.15) is 0 Å². The van der Waals surface area contributed by atoms with E-state index >= 15 is 0 Å². The number of amides is 2. The zero-order chi connectivity index (χ0) is 23.5. The molecule has 6 nitrogen and oxygen atoms in total. The van der Waals surface area contributed by atoms with Crippen molar-refractivity contribution in [3.63, 3.8) is 0 Å². The monoisotopic (exact) mass is 454 g/mol. The maximum atomic E-state index is 12.7. The van der Waals surface area contributed by atoms with Crippen molar-refractivity contribution in [1.82, 2.24) is 4.98 Å². The topological polar surface area (TPSA) is 83.1 Å². The summed E-state index contributed by atoms with van der Waals surface area (Å²) in [5, 5.41) is 9.65. The molecule has 3 N–H and O–H groups in total. The van der Waals surface area contributed by atoms with E-state index in [0.717, 1.165) is 42.7 Å². The molecular weight excluding hydrogens is 424 g/mol. The Balaban J connectivity index is 1.21. The summed E-state index contributed by atoms with van der Waals surface area (Å²) in [5.41, 5.74) is 5.62. The third kappa shape index (κ3) is 4.81. The van der Waals surface area contributed by atoms with Crippen LogP contribution < -0.4 is 16.0 Å². The predicted molar refractivity (Wildman–Crippen MR) is 135 cm³/mol. The second kappa shape index (κ2) is 9.67. The standard InChI is InChI=1S/C28H30N4O2/c1-18-4-2-3-5-24(18)28(34)30-22-8-6-19(7-9-22)26-17-21-16-23(10-11-25(21)32-26)31-27(33)20-12-14-29-15-13-20/h6-16,18,24,26,32H,2-5,17H2,1H3,(H,30,34)(H,31,33). The second-order valence-corrected chi connectivity index (χ2v) is 9.44. The number of hydrogen-bond donors (Lipinski definition) is 3. The number of anilines is 3. The summed E-state index contributed by atoms with van der Waals surface area (Å²) in [7, 11) is 0. The Bertz CT molecular complexity index is 1180. The summed E-state index contributed by atoms with van der Waals surface area (Å²) in [6, 6.07) is 17.6. The van der Waals surface area contributed by atoms with Crippen LogP contribution in [0.15, 0.2) is 67.0 Å². The molecule has 5 rings (SSSR count). The van der Waals surface area contributed by atoms with Crippen LogP contribution in [-0.2, 0) is 11.2 Å². The lowest BCUT2D eigenvalue weighted by molar-refractivity contribution is -0.122. The molecule has 1 aromatic heterocycles. The quantitative estimate of drug-likeness (QED) is 0.454. The lowest BCUT2D eigenvalue weighted by Gasteiger charge is -2.27. The van der Waals surface area contributed by atoms with Crippen molar-refractivity contribution in [1.29, 1.82) is 0 Å². The lowest BCUT2D eigenvalue weighted by Crippen LogP contribution is -2.30. The third-order valence-corrected chi connectivity index (χ3v) is 7.09. The molecule has 2 amide bonds. The largest absolute Gasteiger partial charge is 0.378 e. The Kier molecular flexibility index (Phi) is 6.30. The van der Waals surface area contributed by atoms with Crippen molar-refractivity contribution in [2.24, 2.45) is 11.8 Å². The fourth-order valence-corrected chi connectivity index (χ4v) is 5.09. The van der Waals surface area contributed by atoms with E-state index < -0.39 is 0 Å². The van der Waals surface area contributed by atoms with Gasteiger partial charge in [0.2, 0.25) is 5.91 Å². The molecule has 3 unspecified atom stereocenters. The summed E-state index contributed by atoms with van der Waals surface area (Å²) in [4.78, 5) is 29.1. The van der Waals surface area contributed by atoms with Gasteiger partial charge in [-0.25, -0.2) is 0 Å². The van der Waals surface area contributed by atoms with E-state index in [1.54, 1.807) is 24.5 Å². The Morgan fingerprint density at radius 1 is 0.912 bits per heavy atom. The van der Waals surface area contributed by atoms with Crippen LogP contribution in [0, 0.1) is 11.8 Å². The number of carbonyl (C=O) groups excluding carboxylic acids is 2. The van der Waals surface area contributed by atoms with Crippen LogP contribution in [0.3, 0.4) is 0 Å². The Morgan fingerprint density at radius 2 is 1.65 bits per heavy atom. The summed E-state index contributed by atoms with van der Waals surface area (Å²) in [6.07, 6.45) is 8.55. The minimum atomic E-state index is -0.148. The normalized spacial score (nSPS) is 21.3. The van der Waals surface area contributed by atoms with E-state index in [0.29, 0.717) is 11.5 Å². The minimum absolute atomic E-state index is 0.118. The minimum Gasteiger partial charge on any atom is -0.378 e. The number of carbonyl (C=O) groups is 2. The number of hydrogen-bond acceptors (Lipinski definition) is 4. The fraction of sp³-hybridized carbons (Fsp3) is 0.321. The predicted octanol–water partition coefficient (Wildman–Crippen LogP) is 5.81. The van der Waals surface area contributed by atoms with Crippen molar-refractivity contribution in [2.45, 2.75) is 45.1 Å². The number of pyridine rings is 1. The zero-order valence-electron chi connectivity index (χ0n) is 19.4. The molecule has 3 aromatic rings. The van der Waals surface area contributed by atoms with Gasteiger partial charge in [0, 0.05) is 40.9 Å². The maximum Gasteiger partial charge on any atom is 0.255 e. The van der Waals surface area contributed by atoms with Crippen LogP contribution in [0.2, 0.25) is 0 Å². The Morgan fingerprint density at radius 3 is 2.41 bits per heavy atom. The number of benzene rings is 2. The lowest BCUT2D eigenvalue weighted by atomic mass is 9.80. The highest BCUT2D eigenvalue weighted by atomic mass is 16.2. The second-order valence-electron chi connectivity index (χ2n) is 9.44. The van der Waals surface area contributed by atoms with Crippen LogP contribution in [0.4, 0.5) is 17.1 Å². The Hall–Kier alpha value is -3.67. The van der Waals surface area contributed by atoms with E-state index in [1.807, 2.05) is 30.3 Å². The summed E-state index contributed by atoms with van der Waals surface area (Å²) in [5.74, 6) is 0.569. The molecule has 6 heteroatoms. The molecule has 1 aliphatic carbocycles. The van der Waals surface area contributed by atoms with Crippen molar-refractivity contribution >= 4 is 28.9 Å². The van der Waals surface area contributed by atoms with Gasteiger partial charge in [-0.05, 0) is 78.8 Å². The first-order valence-corrected chi connectivity index (χ1v) is 12.1. The smallest absolute Gasteiger partial charge is 0.255 e. The molecule has 2 aromatic carbocycles. The molecule has 34 heavy (non-hydrogen) atoms. The van der Waals surface area contributed by atoms with Crippen LogP contribution in [-0.4, -0.2) is 16.8 Å². The molecule has 2 heterocycles. The van der Waals surface area contributed by atoms with Crippen molar-refractivity contribution in [3.8, 4) is 0 Å². The zero-order valence-corrected chi connectivity index (χ0v) is 19.4. The van der Waals surface area contributed by atoms with Crippen molar-refractivity contribution in [3.05, 3.63) is 83.7 Å². The van der Waals surface area contributed by atoms with Crippen molar-refractivity contribution in [2.75, 3.05) is 16.0 Å². The van der Waals surface area contributed by atoms with E-state index in [-0.39, 0.29) is 23.8 Å². The van der Waals surface area contributed by atoms with Crippen LogP contribution in [0.5, 0.6) is 0 Å². The first-order chi connectivity index (χ1) is 16.6. The van der Waals surface area contributed by atoms with Crippen LogP contribution in [0.1, 0.15) is 60.1 Å². The van der Waals surface area contributed by atoms with Gasteiger partial charge in [-0.2, -0.15) is 0 Å². The first kappa shape index (κ1) is 22.1. The molecule has 2 aliphatic rings. The average molecular weight is 455 g/mol. The molecule has 0 spiro atoms. The van der Waals surface area contributed by atoms with Gasteiger partial charge >= 0.3 is 0 Å². The van der Waals surface area contributed by atoms with Gasteiger partial charge in [0.25, 0.3) is 5.91 Å². The van der Waals surface area contributed by atoms with E-state index in [1.165, 1.54) is 17.5 Å². The highest BCUT2D eigenvalue weighted by Crippen LogP contribution is 2.36. The average Bonchev–Trinajstić information content (AvgIpc) is 3.29. The number of fused-ring (bicyclic) bond motifs is 1. The fourth-order valence-electron chi connectivity index (χ4n) is 5.09. The number of aromatic nitrogens is 1. The molecule has 3 atom stereocenters. The summed E-state index contributed by atoms with van der Waals surface area (Å²) < 4.78 is 0. The number of nitrogens with zero attached hydrogens (tertiary/aromatic N) is 1. The number of rotatable bonds is 5. The van der Waals surface area contributed by atoms with E-state index in [9.17, 15) is 9.59 Å². The van der Waals surface area contributed by atoms with Gasteiger partial charge in [0.15, 0.2) is 0 Å². The molecule has 1 aliphatic heterocycles. The Labute approximate surface area is 200 Å². The molecule has 174 valence electrons. The molecule has 1 fully saturated rings. The molecule has 0 radical (unpaired) electrons. The summed E-state index contributed by atoms with van der Waals surface area (Å²) in [6.45, 7) is 2.19. The van der Waals surface area contributed by atoms with Gasteiger partial charge in [-0.3, -0.25) is 14.6 Å². The van der Waals surface area contributed by atoms with Gasteiger partial charge in [-0.15, -0.1) is 0 Å². The van der Waals surface area contributed by atoms with Crippen LogP contribution >= 0.6 is 0 Å². The first-order valence-electron chi connectivity index (χ1n) is 12.1. The van der Waals surface area contributed by atoms with Gasteiger partial charge < -0.3 is 16.0 Å². The van der Waals surface area contributed by atoms with Crippen molar-refractivity contribution < 1.29 is 9.59 Å². The van der Waals surface area contributed by atoms with Crippen LogP contribution in [0.25, 0.3) is 0 Å². The van der Waals surface area contributed by atoms with Gasteiger partial charge in [0.05, 0.1) is 6.04 Å². The highest BCUT2D eigenvalue weighted by Gasteiger charge is 2.28. The molecule has 0 saturated heterocycles. The maximum absolute atomic E-state index is 12.7. The summed E-state index contributed by atoms with van der Waals surface area (Å²) >= 11 is 0. The van der Waals surface area contributed by atoms with E-state index in [2.05, 4.69) is 40.0 Å². The molecular formula is C28H30N4O2. The molecule has 0 bridgehead atoms. The van der Waals surface area contributed by atoms with Gasteiger partial charge in [-0.1, -0.05) is 31.9 Å². The highest BCUT2D eigenvalue weighted by molar-refractivity contribution is 6.04. The molecule has 1 saturated carbocycles. The third-order valence-electron chi connectivity index (χ3n) is 7.09. The SMILES string of the molecule is CC1CCCCC1C(=O)Nc1ccc(C2Cc3cc(NC(=O)c4ccncc4)ccc3N2)cc1.